The summed E-state index contributed by atoms with van der Waals surface area (Å²) in [6.07, 6.45) is 0.644. The molecule has 1 fully saturated rings. The van der Waals surface area contributed by atoms with Crippen LogP contribution in [0.15, 0.2) is 28.6 Å². The van der Waals surface area contributed by atoms with E-state index < -0.39 is 45.2 Å². The Bertz CT molecular complexity index is 1220. The second-order valence-corrected chi connectivity index (χ2v) is 11.3. The summed E-state index contributed by atoms with van der Waals surface area (Å²) in [5.41, 5.74) is -0.304. The standard InChI is InChI=1S/C23H28FN3O7S/c1-14(28)25-12-18-13-27(22(31)33-18)17-5-6-19(20(24)11-17)16-7-9-35(32,10-8-16)26-21(30)23(3,4)34-15(2)29/h5-7,11,18H,8-10,12-13H2,1-4H3,(H,25,28)/t18-,35?/m1/s1. The van der Waals surface area contributed by atoms with Gasteiger partial charge in [0.2, 0.25) is 5.91 Å². The third-order valence-electron chi connectivity index (χ3n) is 5.51. The highest BCUT2D eigenvalue weighted by Crippen LogP contribution is 2.31. The molecule has 0 radical (unpaired) electrons. The van der Waals surface area contributed by atoms with Gasteiger partial charge in [-0.1, -0.05) is 6.08 Å². The van der Waals surface area contributed by atoms with Crippen molar-refractivity contribution in [2.24, 2.45) is 4.36 Å². The third-order valence-corrected chi connectivity index (χ3v) is 7.53. The first-order valence-electron chi connectivity index (χ1n) is 11.0. The van der Waals surface area contributed by atoms with Crippen LogP contribution in [-0.2, 0) is 33.6 Å². The van der Waals surface area contributed by atoms with Gasteiger partial charge in [0.15, 0.2) is 5.60 Å². The number of rotatable bonds is 6. The Balaban J connectivity index is 1.73. The number of allylic oxidation sites excluding steroid dienone is 1. The first kappa shape index (κ1) is 26.3. The Kier molecular flexibility index (Phi) is 7.63. The fourth-order valence-electron chi connectivity index (χ4n) is 3.71. The Morgan fingerprint density at radius 3 is 2.60 bits per heavy atom. The number of nitrogens with one attached hydrogen (secondary N) is 1. The van der Waals surface area contributed by atoms with Crippen molar-refractivity contribution in [2.45, 2.75) is 45.8 Å². The molecule has 3 rings (SSSR count). The van der Waals surface area contributed by atoms with Crippen LogP contribution >= 0.6 is 0 Å². The summed E-state index contributed by atoms with van der Waals surface area (Å²) in [4.78, 5) is 48.1. The minimum absolute atomic E-state index is 0.0468. The zero-order chi connectivity index (χ0) is 26.0. The molecule has 2 atom stereocenters. The molecule has 3 amide bonds. The maximum absolute atomic E-state index is 15.0. The predicted molar refractivity (Wildman–Crippen MR) is 126 cm³/mol. The second kappa shape index (κ2) is 10.1. The SMILES string of the molecule is CC(=O)NC[C@@H]1CN(c2ccc(C3=CCS(=O)(=NC(=O)C(C)(C)OC(C)=O)CC3)c(F)c2)C(=O)O1. The van der Waals surface area contributed by atoms with Crippen molar-refractivity contribution in [1.29, 1.82) is 0 Å². The topological polar surface area (TPSA) is 131 Å². The van der Waals surface area contributed by atoms with Crippen molar-refractivity contribution in [2.75, 3.05) is 29.5 Å². The Hall–Kier alpha value is -3.28. The van der Waals surface area contributed by atoms with Crippen LogP contribution in [0.25, 0.3) is 5.57 Å². The summed E-state index contributed by atoms with van der Waals surface area (Å²) in [7, 11) is -2.92. The Morgan fingerprint density at radius 1 is 1.31 bits per heavy atom. The molecule has 1 unspecified atom stereocenters. The molecule has 12 heteroatoms. The molecule has 0 saturated carbocycles. The van der Waals surface area contributed by atoms with Gasteiger partial charge >= 0.3 is 12.1 Å². The zero-order valence-corrected chi connectivity index (χ0v) is 20.8. The van der Waals surface area contributed by atoms with E-state index in [9.17, 15) is 27.8 Å². The minimum atomic E-state index is -2.92. The molecule has 1 aromatic rings. The molecule has 2 aliphatic rings. The molecule has 1 saturated heterocycles. The average Bonchev–Trinajstić information content (AvgIpc) is 3.12. The third kappa shape index (κ3) is 6.44. The summed E-state index contributed by atoms with van der Waals surface area (Å²) in [6.45, 7) is 5.61. The van der Waals surface area contributed by atoms with Crippen LogP contribution in [0.2, 0.25) is 0 Å². The highest BCUT2D eigenvalue weighted by Gasteiger charge is 2.34. The van der Waals surface area contributed by atoms with Gasteiger partial charge in [0, 0.05) is 25.2 Å². The monoisotopic (exact) mass is 509 g/mol. The van der Waals surface area contributed by atoms with E-state index in [-0.39, 0.29) is 36.9 Å². The number of cyclic esters (lactones) is 1. The van der Waals surface area contributed by atoms with E-state index in [0.717, 1.165) is 0 Å². The number of carbonyl (C=O) groups is 4. The van der Waals surface area contributed by atoms with Crippen LogP contribution in [-0.4, -0.2) is 64.4 Å². The number of halogens is 1. The molecular formula is C23H28FN3O7S. The van der Waals surface area contributed by atoms with Gasteiger partial charge in [0.05, 0.1) is 34.3 Å². The van der Waals surface area contributed by atoms with E-state index in [1.165, 1.54) is 44.7 Å². The van der Waals surface area contributed by atoms with Crippen molar-refractivity contribution in [3.63, 3.8) is 0 Å². The van der Waals surface area contributed by atoms with E-state index in [1.807, 2.05) is 0 Å². The van der Waals surface area contributed by atoms with E-state index in [4.69, 9.17) is 9.47 Å². The summed E-state index contributed by atoms with van der Waals surface area (Å²) in [5.74, 6) is -2.25. The highest BCUT2D eigenvalue weighted by atomic mass is 32.2. The number of nitrogens with zero attached hydrogens (tertiary/aromatic N) is 2. The molecule has 2 heterocycles. The summed E-state index contributed by atoms with van der Waals surface area (Å²) < 4.78 is 42.0. The van der Waals surface area contributed by atoms with Crippen LogP contribution < -0.4 is 10.2 Å². The Labute approximate surface area is 203 Å². The second-order valence-electron chi connectivity index (χ2n) is 8.84. The van der Waals surface area contributed by atoms with Crippen molar-refractivity contribution in [3.8, 4) is 0 Å². The average molecular weight is 510 g/mol. The zero-order valence-electron chi connectivity index (χ0n) is 20.0. The highest BCUT2D eigenvalue weighted by molar-refractivity contribution is 7.94. The molecule has 190 valence electrons. The van der Waals surface area contributed by atoms with Gasteiger partial charge in [-0.2, -0.15) is 4.36 Å². The van der Waals surface area contributed by atoms with Gasteiger partial charge < -0.3 is 14.8 Å². The fourth-order valence-corrected chi connectivity index (χ4v) is 5.56. The number of anilines is 1. The summed E-state index contributed by atoms with van der Waals surface area (Å²) in [6, 6.07) is 4.34. The van der Waals surface area contributed by atoms with E-state index in [1.54, 1.807) is 12.1 Å². The maximum atomic E-state index is 15.0. The van der Waals surface area contributed by atoms with Crippen molar-refractivity contribution < 1.29 is 37.3 Å². The Morgan fingerprint density at radius 2 is 2.03 bits per heavy atom. The molecule has 0 aliphatic carbocycles. The number of esters is 1. The smallest absolute Gasteiger partial charge is 0.414 e. The molecule has 10 nitrogen and oxygen atoms in total. The fraction of sp³-hybridized carbons (Fsp3) is 0.478. The molecular weight excluding hydrogens is 481 g/mol. The number of hydrogen-bond acceptors (Lipinski definition) is 7. The van der Waals surface area contributed by atoms with Gasteiger partial charge in [0.1, 0.15) is 11.9 Å². The lowest BCUT2D eigenvalue weighted by Crippen LogP contribution is -2.36. The predicted octanol–water partition coefficient (Wildman–Crippen LogP) is 2.41. The van der Waals surface area contributed by atoms with Crippen molar-refractivity contribution in [1.82, 2.24) is 5.32 Å². The minimum Gasteiger partial charge on any atom is -0.450 e. The number of carbonyl (C=O) groups excluding carboxylic acids is 4. The molecule has 1 aromatic carbocycles. The number of ether oxygens (including phenoxy) is 2. The van der Waals surface area contributed by atoms with Gasteiger partial charge in [-0.25, -0.2) is 13.4 Å². The number of benzene rings is 1. The summed E-state index contributed by atoms with van der Waals surface area (Å²) >= 11 is 0. The maximum Gasteiger partial charge on any atom is 0.414 e. The molecule has 0 spiro atoms. The first-order chi connectivity index (χ1) is 16.3. The molecule has 35 heavy (non-hydrogen) atoms. The normalized spacial score (nSPS) is 22.2. The van der Waals surface area contributed by atoms with Crippen molar-refractivity contribution in [3.05, 3.63) is 35.7 Å². The molecule has 0 bridgehead atoms. The number of hydrogen-bond donors (Lipinski definition) is 1. The van der Waals surface area contributed by atoms with E-state index in [2.05, 4.69) is 9.68 Å². The van der Waals surface area contributed by atoms with Crippen LogP contribution in [0, 0.1) is 5.82 Å². The van der Waals surface area contributed by atoms with Crippen LogP contribution in [0.1, 0.15) is 39.7 Å². The molecule has 0 aromatic heterocycles. The molecule has 2 aliphatic heterocycles. The van der Waals surface area contributed by atoms with Gasteiger partial charge in [-0.3, -0.25) is 19.3 Å². The van der Waals surface area contributed by atoms with Crippen LogP contribution in [0.5, 0.6) is 0 Å². The van der Waals surface area contributed by atoms with Gasteiger partial charge in [-0.15, -0.1) is 0 Å². The van der Waals surface area contributed by atoms with Gasteiger partial charge in [0.25, 0.3) is 5.91 Å². The molecule has 1 N–H and O–H groups in total. The van der Waals surface area contributed by atoms with Gasteiger partial charge in [-0.05, 0) is 44.0 Å². The van der Waals surface area contributed by atoms with E-state index in [0.29, 0.717) is 16.8 Å². The van der Waals surface area contributed by atoms with Crippen molar-refractivity contribution >= 4 is 44.9 Å². The summed E-state index contributed by atoms with van der Waals surface area (Å²) in [5, 5.41) is 2.58. The lowest BCUT2D eigenvalue weighted by molar-refractivity contribution is -0.161. The lowest BCUT2D eigenvalue weighted by atomic mass is 10.0. The quantitative estimate of drug-likeness (QED) is 0.583. The number of amides is 3. The van der Waals surface area contributed by atoms with Crippen LogP contribution in [0.3, 0.4) is 0 Å². The first-order valence-corrected chi connectivity index (χ1v) is 12.8. The largest absolute Gasteiger partial charge is 0.450 e. The van der Waals surface area contributed by atoms with E-state index >= 15 is 0 Å². The lowest BCUT2D eigenvalue weighted by Gasteiger charge is -2.22. The van der Waals surface area contributed by atoms with Crippen LogP contribution in [0.4, 0.5) is 14.9 Å².